The number of hydrogen-bond donors (Lipinski definition) is 3. The highest BCUT2D eigenvalue weighted by molar-refractivity contribution is 5.83. The molecule has 0 aromatic rings. The predicted molar refractivity (Wildman–Crippen MR) is 61.4 cm³/mol. The zero-order valence-corrected chi connectivity index (χ0v) is 9.99. The Morgan fingerprint density at radius 3 is 2.88 bits per heavy atom. The number of methoxy groups -OCH3 is 1. The van der Waals surface area contributed by atoms with Gasteiger partial charge in [-0.05, 0) is 12.8 Å². The Balaban J connectivity index is 1.75. The van der Waals surface area contributed by atoms with Crippen LogP contribution in [0.5, 0.6) is 0 Å². The highest BCUT2D eigenvalue weighted by Crippen LogP contribution is 2.10. The fourth-order valence-electron chi connectivity index (χ4n) is 2.24. The van der Waals surface area contributed by atoms with Gasteiger partial charge in [-0.25, -0.2) is 0 Å². The van der Waals surface area contributed by atoms with Gasteiger partial charge in [-0.3, -0.25) is 9.59 Å². The lowest BCUT2D eigenvalue weighted by Gasteiger charge is -2.24. The van der Waals surface area contributed by atoms with Crippen LogP contribution < -0.4 is 16.0 Å². The van der Waals surface area contributed by atoms with Gasteiger partial charge in [0.05, 0.1) is 12.1 Å². The van der Waals surface area contributed by atoms with Gasteiger partial charge in [0.15, 0.2) is 0 Å². The Kier molecular flexibility index (Phi) is 3.96. The second-order valence-corrected chi connectivity index (χ2v) is 4.60. The Bertz CT molecular complexity index is 298. The zero-order valence-electron chi connectivity index (χ0n) is 9.99. The zero-order chi connectivity index (χ0) is 12.3. The van der Waals surface area contributed by atoms with E-state index < -0.39 is 0 Å². The second-order valence-electron chi connectivity index (χ2n) is 4.60. The number of rotatable bonds is 3. The molecule has 96 valence electrons. The highest BCUT2D eigenvalue weighted by Gasteiger charge is 2.31. The van der Waals surface area contributed by atoms with Crippen LogP contribution in [0.4, 0.5) is 0 Å². The van der Waals surface area contributed by atoms with Crippen molar-refractivity contribution in [1.29, 1.82) is 0 Å². The normalized spacial score (nSPS) is 33.2. The SMILES string of the molecule is COC1CNC(C(=O)NC2CCC(=O)NC2)C1. The van der Waals surface area contributed by atoms with Crippen molar-refractivity contribution in [1.82, 2.24) is 16.0 Å². The van der Waals surface area contributed by atoms with E-state index in [1.807, 2.05) is 0 Å². The van der Waals surface area contributed by atoms with Crippen LogP contribution in [0.25, 0.3) is 0 Å². The number of piperidine rings is 1. The third-order valence-corrected chi connectivity index (χ3v) is 3.35. The molecule has 3 atom stereocenters. The van der Waals surface area contributed by atoms with E-state index in [0.717, 1.165) is 13.0 Å². The van der Waals surface area contributed by atoms with Gasteiger partial charge in [-0.2, -0.15) is 0 Å². The molecule has 2 heterocycles. The molecule has 2 aliphatic rings. The van der Waals surface area contributed by atoms with E-state index >= 15 is 0 Å². The Morgan fingerprint density at radius 2 is 2.29 bits per heavy atom. The Morgan fingerprint density at radius 1 is 1.47 bits per heavy atom. The molecule has 0 aromatic carbocycles. The molecule has 2 amide bonds. The molecule has 0 radical (unpaired) electrons. The van der Waals surface area contributed by atoms with Crippen LogP contribution in [-0.4, -0.2) is 50.2 Å². The summed E-state index contributed by atoms with van der Waals surface area (Å²) in [6, 6.07) is -0.110. The van der Waals surface area contributed by atoms with Gasteiger partial charge in [-0.15, -0.1) is 0 Å². The standard InChI is InChI=1S/C11H19N3O3/c1-17-8-4-9(12-6-8)11(16)14-7-2-3-10(15)13-5-7/h7-9,12H,2-6H2,1H3,(H,13,15)(H,14,16). The van der Waals surface area contributed by atoms with Crippen molar-refractivity contribution >= 4 is 11.8 Å². The van der Waals surface area contributed by atoms with Crippen LogP contribution in [0.3, 0.4) is 0 Å². The average Bonchev–Trinajstić information content (AvgIpc) is 2.81. The van der Waals surface area contributed by atoms with E-state index in [0.29, 0.717) is 19.4 Å². The molecule has 6 nitrogen and oxygen atoms in total. The molecule has 3 unspecified atom stereocenters. The van der Waals surface area contributed by atoms with Crippen molar-refractivity contribution < 1.29 is 14.3 Å². The smallest absolute Gasteiger partial charge is 0.237 e. The van der Waals surface area contributed by atoms with E-state index in [1.165, 1.54) is 0 Å². The molecule has 0 saturated carbocycles. The van der Waals surface area contributed by atoms with Crippen molar-refractivity contribution in [2.45, 2.75) is 37.5 Å². The van der Waals surface area contributed by atoms with Gasteiger partial charge >= 0.3 is 0 Å². The maximum absolute atomic E-state index is 11.9. The summed E-state index contributed by atoms with van der Waals surface area (Å²) in [4.78, 5) is 22.9. The summed E-state index contributed by atoms with van der Waals surface area (Å²) in [5, 5.41) is 8.83. The monoisotopic (exact) mass is 241 g/mol. The first-order valence-electron chi connectivity index (χ1n) is 6.02. The minimum Gasteiger partial charge on any atom is -0.380 e. The molecule has 6 heteroatoms. The summed E-state index contributed by atoms with van der Waals surface area (Å²) in [7, 11) is 1.66. The van der Waals surface area contributed by atoms with Crippen LogP contribution in [-0.2, 0) is 14.3 Å². The van der Waals surface area contributed by atoms with Gasteiger partial charge in [-0.1, -0.05) is 0 Å². The summed E-state index contributed by atoms with van der Waals surface area (Å²) in [5.41, 5.74) is 0. The molecule has 0 bridgehead atoms. The van der Waals surface area contributed by atoms with Crippen molar-refractivity contribution in [2.24, 2.45) is 0 Å². The molecule has 0 aliphatic carbocycles. The van der Waals surface area contributed by atoms with E-state index in [1.54, 1.807) is 7.11 Å². The van der Waals surface area contributed by atoms with Crippen molar-refractivity contribution in [2.75, 3.05) is 20.2 Å². The molecule has 2 saturated heterocycles. The maximum Gasteiger partial charge on any atom is 0.237 e. The van der Waals surface area contributed by atoms with E-state index in [9.17, 15) is 9.59 Å². The third kappa shape index (κ3) is 3.17. The second kappa shape index (κ2) is 5.46. The van der Waals surface area contributed by atoms with Gasteiger partial charge in [0, 0.05) is 32.7 Å². The number of hydrogen-bond acceptors (Lipinski definition) is 4. The average molecular weight is 241 g/mol. The molecule has 17 heavy (non-hydrogen) atoms. The summed E-state index contributed by atoms with van der Waals surface area (Å²) < 4.78 is 5.20. The van der Waals surface area contributed by atoms with Gasteiger partial charge < -0.3 is 20.7 Å². The largest absolute Gasteiger partial charge is 0.380 e. The number of ether oxygens (including phenoxy) is 1. The number of amides is 2. The lowest BCUT2D eigenvalue weighted by Crippen LogP contribution is -2.51. The lowest BCUT2D eigenvalue weighted by atomic mass is 10.1. The minimum atomic E-state index is -0.169. The fraction of sp³-hybridized carbons (Fsp3) is 0.818. The van der Waals surface area contributed by atoms with E-state index in [-0.39, 0.29) is 30.0 Å². The molecule has 2 aliphatic heterocycles. The van der Waals surface area contributed by atoms with Gasteiger partial charge in [0.25, 0.3) is 0 Å². The topological polar surface area (TPSA) is 79.5 Å². The molecular weight excluding hydrogens is 222 g/mol. The number of carbonyl (C=O) groups excluding carboxylic acids is 2. The minimum absolute atomic E-state index is 0.00528. The fourth-order valence-corrected chi connectivity index (χ4v) is 2.24. The Labute approximate surface area is 100 Å². The van der Waals surface area contributed by atoms with Crippen molar-refractivity contribution in [3.63, 3.8) is 0 Å². The summed E-state index contributed by atoms with van der Waals surface area (Å²) in [6.45, 7) is 1.25. The van der Waals surface area contributed by atoms with Crippen molar-refractivity contribution in [3.8, 4) is 0 Å². The predicted octanol–water partition coefficient (Wildman–Crippen LogP) is -1.24. The molecule has 2 rings (SSSR count). The number of carbonyl (C=O) groups is 2. The molecule has 0 aromatic heterocycles. The summed E-state index contributed by atoms with van der Waals surface area (Å²) >= 11 is 0. The summed E-state index contributed by atoms with van der Waals surface area (Å²) in [5.74, 6) is 0.0691. The van der Waals surface area contributed by atoms with Crippen LogP contribution in [0.1, 0.15) is 19.3 Å². The first-order chi connectivity index (χ1) is 8.19. The molecular formula is C11H19N3O3. The quantitative estimate of drug-likeness (QED) is 0.577. The first-order valence-corrected chi connectivity index (χ1v) is 6.02. The molecule has 3 N–H and O–H groups in total. The van der Waals surface area contributed by atoms with Crippen LogP contribution in [0.15, 0.2) is 0 Å². The first kappa shape index (κ1) is 12.3. The van der Waals surface area contributed by atoms with Gasteiger partial charge in [0.2, 0.25) is 11.8 Å². The highest BCUT2D eigenvalue weighted by atomic mass is 16.5. The maximum atomic E-state index is 11.9. The number of nitrogens with one attached hydrogen (secondary N) is 3. The third-order valence-electron chi connectivity index (χ3n) is 3.35. The van der Waals surface area contributed by atoms with E-state index in [2.05, 4.69) is 16.0 Å². The van der Waals surface area contributed by atoms with Crippen LogP contribution in [0.2, 0.25) is 0 Å². The van der Waals surface area contributed by atoms with Crippen LogP contribution in [0, 0.1) is 0 Å². The molecule has 0 spiro atoms. The summed E-state index contributed by atoms with van der Waals surface area (Å²) in [6.07, 6.45) is 2.04. The molecule has 2 fully saturated rings. The Hall–Kier alpha value is -1.14. The van der Waals surface area contributed by atoms with Gasteiger partial charge in [0.1, 0.15) is 0 Å². The van der Waals surface area contributed by atoms with Crippen molar-refractivity contribution in [3.05, 3.63) is 0 Å². The van der Waals surface area contributed by atoms with E-state index in [4.69, 9.17) is 4.74 Å². The van der Waals surface area contributed by atoms with Crippen LogP contribution >= 0.6 is 0 Å². The lowest BCUT2D eigenvalue weighted by molar-refractivity contribution is -0.126.